The lowest BCUT2D eigenvalue weighted by Crippen LogP contribution is -2.39. The van der Waals surface area contributed by atoms with Crippen molar-refractivity contribution in [2.24, 2.45) is 0 Å². The number of rotatable bonds is 5. The fourth-order valence-electron chi connectivity index (χ4n) is 3.18. The van der Waals surface area contributed by atoms with Crippen molar-refractivity contribution in [3.05, 3.63) is 53.7 Å². The molecule has 26 heavy (non-hydrogen) atoms. The minimum Gasteiger partial charge on any atom is -0.476 e. The molecule has 0 saturated carbocycles. The van der Waals surface area contributed by atoms with Gasteiger partial charge >= 0.3 is 5.97 Å². The molecule has 4 nitrogen and oxygen atoms in total. The quantitative estimate of drug-likeness (QED) is 0.645. The number of carbonyl (C=O) groups excluding carboxylic acids is 1. The van der Waals surface area contributed by atoms with Crippen LogP contribution in [0.25, 0.3) is 22.0 Å². The van der Waals surface area contributed by atoms with Gasteiger partial charge in [0.15, 0.2) is 5.60 Å². The van der Waals surface area contributed by atoms with Gasteiger partial charge in [0.2, 0.25) is 0 Å². The second-order valence-corrected chi connectivity index (χ2v) is 7.03. The molecule has 1 N–H and O–H groups in total. The standard InChI is InChI=1S/C22H25NO3/c1-6-25-21(24)22(4,5)26-17-10-11-19-18(13-17)20(15(3)23-19)16-9-7-8-14(2)12-16/h7-13,23H,6H2,1-5H3. The van der Waals surface area contributed by atoms with Crippen LogP contribution in [-0.2, 0) is 9.53 Å². The van der Waals surface area contributed by atoms with Gasteiger partial charge in [0.25, 0.3) is 0 Å². The van der Waals surface area contributed by atoms with Gasteiger partial charge in [-0.2, -0.15) is 0 Å². The number of benzene rings is 2. The van der Waals surface area contributed by atoms with Crippen LogP contribution in [0, 0.1) is 13.8 Å². The van der Waals surface area contributed by atoms with Crippen molar-refractivity contribution in [3.8, 4) is 16.9 Å². The fraction of sp³-hybridized carbons (Fsp3) is 0.318. The van der Waals surface area contributed by atoms with E-state index in [9.17, 15) is 4.79 Å². The number of hydrogen-bond acceptors (Lipinski definition) is 3. The summed E-state index contributed by atoms with van der Waals surface area (Å²) in [4.78, 5) is 15.5. The number of esters is 1. The van der Waals surface area contributed by atoms with Crippen molar-refractivity contribution < 1.29 is 14.3 Å². The molecule has 0 unspecified atom stereocenters. The lowest BCUT2D eigenvalue weighted by Gasteiger charge is -2.24. The zero-order chi connectivity index (χ0) is 18.9. The third kappa shape index (κ3) is 3.45. The van der Waals surface area contributed by atoms with Gasteiger partial charge in [-0.3, -0.25) is 0 Å². The number of aromatic nitrogens is 1. The third-order valence-corrected chi connectivity index (χ3v) is 4.40. The summed E-state index contributed by atoms with van der Waals surface area (Å²) >= 11 is 0. The van der Waals surface area contributed by atoms with E-state index in [1.54, 1.807) is 20.8 Å². The molecule has 136 valence electrons. The lowest BCUT2D eigenvalue weighted by atomic mass is 10.0. The minimum absolute atomic E-state index is 0.333. The molecular formula is C22H25NO3. The second-order valence-electron chi connectivity index (χ2n) is 7.03. The number of hydrogen-bond donors (Lipinski definition) is 1. The van der Waals surface area contributed by atoms with Gasteiger partial charge in [0.1, 0.15) is 5.75 Å². The zero-order valence-corrected chi connectivity index (χ0v) is 16.0. The van der Waals surface area contributed by atoms with E-state index >= 15 is 0 Å². The molecule has 0 atom stereocenters. The van der Waals surface area contributed by atoms with Gasteiger partial charge < -0.3 is 14.5 Å². The number of aryl methyl sites for hydroxylation is 2. The molecule has 0 fully saturated rings. The molecule has 0 aliphatic heterocycles. The van der Waals surface area contributed by atoms with Gasteiger partial charge in [-0.05, 0) is 58.4 Å². The summed E-state index contributed by atoms with van der Waals surface area (Å²) in [5, 5.41) is 1.07. The maximum atomic E-state index is 12.1. The van der Waals surface area contributed by atoms with Crippen LogP contribution < -0.4 is 4.74 Å². The Kier molecular flexibility index (Phi) is 4.77. The maximum absolute atomic E-state index is 12.1. The van der Waals surface area contributed by atoms with Crippen LogP contribution in [0.1, 0.15) is 32.0 Å². The van der Waals surface area contributed by atoms with E-state index in [-0.39, 0.29) is 5.97 Å². The smallest absolute Gasteiger partial charge is 0.349 e. The number of carbonyl (C=O) groups is 1. The summed E-state index contributed by atoms with van der Waals surface area (Å²) < 4.78 is 11.1. The van der Waals surface area contributed by atoms with Crippen LogP contribution in [-0.4, -0.2) is 23.2 Å². The summed E-state index contributed by atoms with van der Waals surface area (Å²) in [5.74, 6) is 0.271. The van der Waals surface area contributed by atoms with Gasteiger partial charge in [-0.25, -0.2) is 4.79 Å². The predicted octanol–water partition coefficient (Wildman–Crippen LogP) is 5.17. The predicted molar refractivity (Wildman–Crippen MR) is 105 cm³/mol. The Morgan fingerprint density at radius 2 is 1.88 bits per heavy atom. The zero-order valence-electron chi connectivity index (χ0n) is 16.0. The first-order valence-electron chi connectivity index (χ1n) is 8.87. The van der Waals surface area contributed by atoms with Crippen molar-refractivity contribution in [1.29, 1.82) is 0 Å². The highest BCUT2D eigenvalue weighted by Gasteiger charge is 2.31. The summed E-state index contributed by atoms with van der Waals surface area (Å²) in [7, 11) is 0. The summed E-state index contributed by atoms with van der Waals surface area (Å²) in [6.45, 7) is 9.72. The largest absolute Gasteiger partial charge is 0.476 e. The van der Waals surface area contributed by atoms with Crippen molar-refractivity contribution in [2.45, 2.75) is 40.2 Å². The second kappa shape index (κ2) is 6.87. The molecule has 4 heteroatoms. The number of fused-ring (bicyclic) bond motifs is 1. The number of ether oxygens (including phenoxy) is 2. The van der Waals surface area contributed by atoms with Crippen molar-refractivity contribution in [1.82, 2.24) is 4.98 Å². The Morgan fingerprint density at radius 3 is 2.58 bits per heavy atom. The average Bonchev–Trinajstić information content (AvgIpc) is 2.90. The highest BCUT2D eigenvalue weighted by Crippen LogP contribution is 2.35. The Labute approximate surface area is 154 Å². The minimum atomic E-state index is -1.04. The Morgan fingerprint density at radius 1 is 1.12 bits per heavy atom. The molecule has 1 aromatic heterocycles. The highest BCUT2D eigenvalue weighted by molar-refractivity contribution is 5.98. The maximum Gasteiger partial charge on any atom is 0.349 e. The number of nitrogens with one attached hydrogen (secondary N) is 1. The molecule has 0 aliphatic rings. The molecule has 2 aromatic carbocycles. The Balaban J connectivity index is 2.03. The van der Waals surface area contributed by atoms with E-state index in [0.717, 1.165) is 27.7 Å². The van der Waals surface area contributed by atoms with Gasteiger partial charge in [-0.15, -0.1) is 0 Å². The molecule has 1 heterocycles. The first kappa shape index (κ1) is 18.1. The first-order valence-corrected chi connectivity index (χ1v) is 8.87. The molecule has 3 rings (SSSR count). The molecule has 0 bridgehead atoms. The molecular weight excluding hydrogens is 326 g/mol. The number of aromatic amines is 1. The average molecular weight is 351 g/mol. The van der Waals surface area contributed by atoms with Crippen molar-refractivity contribution in [2.75, 3.05) is 6.61 Å². The van der Waals surface area contributed by atoms with E-state index in [4.69, 9.17) is 9.47 Å². The molecule has 3 aromatic rings. The first-order chi connectivity index (χ1) is 12.3. The molecule has 0 amide bonds. The van der Waals surface area contributed by atoms with E-state index in [1.165, 1.54) is 5.56 Å². The van der Waals surface area contributed by atoms with Crippen LogP contribution in [0.5, 0.6) is 5.75 Å². The van der Waals surface area contributed by atoms with E-state index in [0.29, 0.717) is 12.4 Å². The van der Waals surface area contributed by atoms with Crippen molar-refractivity contribution >= 4 is 16.9 Å². The van der Waals surface area contributed by atoms with Crippen LogP contribution in [0.2, 0.25) is 0 Å². The number of H-pyrrole nitrogens is 1. The molecule has 0 spiro atoms. The fourth-order valence-corrected chi connectivity index (χ4v) is 3.18. The molecule has 0 saturated heterocycles. The van der Waals surface area contributed by atoms with Crippen LogP contribution in [0.3, 0.4) is 0 Å². The lowest BCUT2D eigenvalue weighted by molar-refractivity contribution is -0.158. The van der Waals surface area contributed by atoms with E-state index < -0.39 is 5.60 Å². The van der Waals surface area contributed by atoms with Crippen LogP contribution in [0.4, 0.5) is 0 Å². The summed E-state index contributed by atoms with van der Waals surface area (Å²) in [6, 6.07) is 14.3. The molecule has 0 radical (unpaired) electrons. The van der Waals surface area contributed by atoms with Gasteiger partial charge in [-0.1, -0.05) is 29.8 Å². The third-order valence-electron chi connectivity index (χ3n) is 4.40. The van der Waals surface area contributed by atoms with Crippen molar-refractivity contribution in [3.63, 3.8) is 0 Å². The summed E-state index contributed by atoms with van der Waals surface area (Å²) in [6.07, 6.45) is 0. The molecule has 0 aliphatic carbocycles. The highest BCUT2D eigenvalue weighted by atomic mass is 16.6. The SMILES string of the molecule is CCOC(=O)C(C)(C)Oc1ccc2[nH]c(C)c(-c3cccc(C)c3)c2c1. The van der Waals surface area contributed by atoms with Gasteiger partial charge in [0, 0.05) is 22.2 Å². The Hall–Kier alpha value is -2.75. The summed E-state index contributed by atoms with van der Waals surface area (Å²) in [5.41, 5.74) is 4.64. The van der Waals surface area contributed by atoms with E-state index in [2.05, 4.69) is 43.1 Å². The topological polar surface area (TPSA) is 51.3 Å². The van der Waals surface area contributed by atoms with Crippen LogP contribution >= 0.6 is 0 Å². The van der Waals surface area contributed by atoms with E-state index in [1.807, 2.05) is 18.2 Å². The van der Waals surface area contributed by atoms with Crippen LogP contribution in [0.15, 0.2) is 42.5 Å². The van der Waals surface area contributed by atoms with Gasteiger partial charge in [0.05, 0.1) is 6.61 Å². The normalized spacial score (nSPS) is 11.6. The monoisotopic (exact) mass is 351 g/mol. The Bertz CT molecular complexity index is 953.